The van der Waals surface area contributed by atoms with Crippen molar-refractivity contribution in [3.8, 4) is 16.9 Å². The molecule has 190 valence electrons. The molecular weight excluding hydrogens is 472 g/mol. The monoisotopic (exact) mass is 501 g/mol. The van der Waals surface area contributed by atoms with Gasteiger partial charge in [-0.3, -0.25) is 4.79 Å². The molecule has 1 amide bonds. The van der Waals surface area contributed by atoms with Gasteiger partial charge in [-0.25, -0.2) is 8.78 Å². The third kappa shape index (κ3) is 5.87. The molecule has 0 aliphatic carbocycles. The summed E-state index contributed by atoms with van der Waals surface area (Å²) in [5.74, 6) is -1.16. The summed E-state index contributed by atoms with van der Waals surface area (Å²) in [4.78, 5) is 14.7. The number of aromatic hydroxyl groups is 1. The van der Waals surface area contributed by atoms with E-state index in [0.29, 0.717) is 24.1 Å². The van der Waals surface area contributed by atoms with E-state index in [1.165, 1.54) is 42.5 Å². The van der Waals surface area contributed by atoms with Gasteiger partial charge in [0.2, 0.25) is 5.91 Å². The highest BCUT2D eigenvalue weighted by atomic mass is 19.1. The summed E-state index contributed by atoms with van der Waals surface area (Å²) in [6.45, 7) is 5.57. The molecule has 4 rings (SSSR count). The Bertz CT molecular complexity index is 1310. The highest BCUT2D eigenvalue weighted by Gasteiger charge is 2.48. The van der Waals surface area contributed by atoms with E-state index in [1.807, 2.05) is 36.4 Å². The van der Waals surface area contributed by atoms with Crippen LogP contribution in [-0.2, 0) is 4.79 Å². The Morgan fingerprint density at radius 2 is 1.59 bits per heavy atom. The average Bonchev–Trinajstić information content (AvgIpc) is 2.91. The SMILES string of the molecule is C=C(/C=C\C(F)=C/C)N1C(=O)[C@H](CC[C@H](O)c2ccc(F)cc2)[C@H]1c1ccc(-c2ccc(O)cc2)cc1. The molecule has 0 unspecified atom stereocenters. The predicted octanol–water partition coefficient (Wildman–Crippen LogP) is 7.15. The highest BCUT2D eigenvalue weighted by molar-refractivity contribution is 5.89. The molecule has 3 atom stereocenters. The molecule has 1 aliphatic rings. The van der Waals surface area contributed by atoms with Crippen LogP contribution in [0.5, 0.6) is 5.75 Å². The summed E-state index contributed by atoms with van der Waals surface area (Å²) in [5.41, 5.74) is 3.76. The van der Waals surface area contributed by atoms with E-state index in [4.69, 9.17) is 0 Å². The van der Waals surface area contributed by atoms with Gasteiger partial charge in [0.15, 0.2) is 0 Å². The highest BCUT2D eigenvalue weighted by Crippen LogP contribution is 2.46. The van der Waals surface area contributed by atoms with Crippen LogP contribution in [-0.4, -0.2) is 21.0 Å². The zero-order valence-electron chi connectivity index (χ0n) is 20.5. The van der Waals surface area contributed by atoms with Crippen molar-refractivity contribution < 1.29 is 23.8 Å². The van der Waals surface area contributed by atoms with Crippen LogP contribution in [0.1, 0.15) is 43.0 Å². The van der Waals surface area contributed by atoms with Crippen LogP contribution in [0.2, 0.25) is 0 Å². The smallest absolute Gasteiger partial charge is 0.233 e. The number of phenols is 1. The molecule has 1 aliphatic heterocycles. The van der Waals surface area contributed by atoms with E-state index in [2.05, 4.69) is 6.58 Å². The molecule has 4 nitrogen and oxygen atoms in total. The maximum absolute atomic E-state index is 13.7. The zero-order valence-corrected chi connectivity index (χ0v) is 20.5. The normalized spacial score (nSPS) is 18.6. The van der Waals surface area contributed by atoms with E-state index in [-0.39, 0.29) is 23.5 Å². The number of hydrogen-bond acceptors (Lipinski definition) is 3. The van der Waals surface area contributed by atoms with E-state index in [1.54, 1.807) is 24.0 Å². The van der Waals surface area contributed by atoms with Crippen molar-refractivity contribution in [2.24, 2.45) is 5.92 Å². The number of rotatable bonds is 9. The quantitative estimate of drug-likeness (QED) is 0.242. The number of nitrogens with zero attached hydrogens (tertiary/aromatic N) is 1. The second-order valence-electron chi connectivity index (χ2n) is 9.07. The Hall–Kier alpha value is -4.03. The molecular formula is C31H29F2NO3. The number of halogens is 2. The minimum Gasteiger partial charge on any atom is -0.508 e. The summed E-state index contributed by atoms with van der Waals surface area (Å²) in [6, 6.07) is 20.0. The van der Waals surface area contributed by atoms with Crippen molar-refractivity contribution in [2.45, 2.75) is 31.9 Å². The molecule has 1 heterocycles. The van der Waals surface area contributed by atoms with Gasteiger partial charge in [-0.2, -0.15) is 0 Å². The maximum Gasteiger partial charge on any atom is 0.233 e. The lowest BCUT2D eigenvalue weighted by atomic mass is 9.78. The second-order valence-corrected chi connectivity index (χ2v) is 9.07. The number of hydrogen-bond donors (Lipinski definition) is 2. The van der Waals surface area contributed by atoms with E-state index in [0.717, 1.165) is 16.7 Å². The molecule has 0 aromatic heterocycles. The number of carbonyl (C=O) groups is 1. The van der Waals surface area contributed by atoms with Crippen molar-refractivity contribution in [1.82, 2.24) is 4.90 Å². The predicted molar refractivity (Wildman–Crippen MR) is 140 cm³/mol. The molecule has 0 bridgehead atoms. The van der Waals surface area contributed by atoms with Crippen molar-refractivity contribution in [3.63, 3.8) is 0 Å². The van der Waals surface area contributed by atoms with Gasteiger partial charge in [-0.1, -0.05) is 61.2 Å². The summed E-state index contributed by atoms with van der Waals surface area (Å²) in [6.07, 6.45) is 3.99. The largest absolute Gasteiger partial charge is 0.508 e. The third-order valence-corrected chi connectivity index (χ3v) is 6.69. The minimum atomic E-state index is -0.827. The van der Waals surface area contributed by atoms with Crippen LogP contribution in [0, 0.1) is 11.7 Å². The van der Waals surface area contributed by atoms with Gasteiger partial charge in [-0.15, -0.1) is 0 Å². The number of amides is 1. The fourth-order valence-corrected chi connectivity index (χ4v) is 4.60. The number of aliphatic hydroxyl groups is 1. The average molecular weight is 502 g/mol. The molecule has 6 heteroatoms. The van der Waals surface area contributed by atoms with E-state index >= 15 is 0 Å². The lowest BCUT2D eigenvalue weighted by molar-refractivity contribution is -0.153. The van der Waals surface area contributed by atoms with Crippen molar-refractivity contribution in [3.05, 3.63) is 126 Å². The number of aliphatic hydroxyl groups excluding tert-OH is 1. The first-order valence-corrected chi connectivity index (χ1v) is 12.1. The van der Waals surface area contributed by atoms with Gasteiger partial charge in [-0.05, 0) is 78.4 Å². The number of allylic oxidation sites excluding steroid dienone is 4. The Balaban J connectivity index is 1.56. The second kappa shape index (κ2) is 11.4. The lowest BCUT2D eigenvalue weighted by Gasteiger charge is -2.48. The number of β-lactam (4-membered cyclic amide) rings is 1. The molecule has 2 N–H and O–H groups in total. The van der Waals surface area contributed by atoms with E-state index < -0.39 is 17.8 Å². The van der Waals surface area contributed by atoms with Crippen LogP contribution < -0.4 is 0 Å². The van der Waals surface area contributed by atoms with Gasteiger partial charge in [0.05, 0.1) is 18.1 Å². The number of carbonyl (C=O) groups excluding carboxylic acids is 1. The molecule has 3 aromatic carbocycles. The summed E-state index contributed by atoms with van der Waals surface area (Å²) < 4.78 is 26.9. The molecule has 1 fully saturated rings. The van der Waals surface area contributed by atoms with Crippen LogP contribution in [0.15, 0.2) is 109 Å². The Morgan fingerprint density at radius 3 is 2.19 bits per heavy atom. The Morgan fingerprint density at radius 1 is 1.00 bits per heavy atom. The molecule has 1 saturated heterocycles. The van der Waals surface area contributed by atoms with Crippen molar-refractivity contribution >= 4 is 5.91 Å². The third-order valence-electron chi connectivity index (χ3n) is 6.69. The van der Waals surface area contributed by atoms with Crippen molar-refractivity contribution in [1.29, 1.82) is 0 Å². The summed E-state index contributed by atoms with van der Waals surface area (Å²) >= 11 is 0. The molecule has 0 radical (unpaired) electrons. The standard InChI is InChI=1S/C31H29F2NO3/c1-3-25(32)13-4-20(2)34-30(24-7-5-21(6-8-24)22-11-16-27(35)17-12-22)28(31(34)37)18-19-29(36)23-9-14-26(33)15-10-23/h3-17,28-30,35-36H,2,18-19H2,1H3/b13-4-,25-3+/t28-,29+,30-/m1/s1. The Kier molecular flexibility index (Phi) is 7.99. The van der Waals surface area contributed by atoms with Gasteiger partial charge in [0.25, 0.3) is 0 Å². The van der Waals surface area contributed by atoms with Crippen LogP contribution >= 0.6 is 0 Å². The number of phenolic OH excluding ortho intramolecular Hbond substituents is 1. The maximum atomic E-state index is 13.7. The van der Waals surface area contributed by atoms with E-state index in [9.17, 15) is 23.8 Å². The molecule has 3 aromatic rings. The van der Waals surface area contributed by atoms with Gasteiger partial charge >= 0.3 is 0 Å². The fraction of sp³-hybridized carbons (Fsp3) is 0.194. The van der Waals surface area contributed by atoms with Crippen LogP contribution in [0.25, 0.3) is 11.1 Å². The fourth-order valence-electron chi connectivity index (χ4n) is 4.60. The molecule has 0 saturated carbocycles. The molecule has 0 spiro atoms. The first-order valence-electron chi connectivity index (χ1n) is 12.1. The van der Waals surface area contributed by atoms with Gasteiger partial charge in [0.1, 0.15) is 17.4 Å². The number of likely N-dealkylation sites (tertiary alicyclic amines) is 1. The zero-order chi connectivity index (χ0) is 26.5. The van der Waals surface area contributed by atoms with Crippen molar-refractivity contribution in [2.75, 3.05) is 0 Å². The van der Waals surface area contributed by atoms with Gasteiger partial charge in [0, 0.05) is 5.70 Å². The first kappa shape index (κ1) is 26.0. The lowest BCUT2D eigenvalue weighted by Crippen LogP contribution is -2.53. The number of benzene rings is 3. The first-order chi connectivity index (χ1) is 17.8. The van der Waals surface area contributed by atoms with Crippen LogP contribution in [0.3, 0.4) is 0 Å². The summed E-state index contributed by atoms with van der Waals surface area (Å²) in [7, 11) is 0. The van der Waals surface area contributed by atoms with Crippen LogP contribution in [0.4, 0.5) is 8.78 Å². The topological polar surface area (TPSA) is 60.8 Å². The minimum absolute atomic E-state index is 0.144. The molecule has 37 heavy (non-hydrogen) atoms. The summed E-state index contributed by atoms with van der Waals surface area (Å²) in [5, 5.41) is 20.2. The Labute approximate surface area is 215 Å². The van der Waals surface area contributed by atoms with Gasteiger partial charge < -0.3 is 15.1 Å².